The van der Waals surface area contributed by atoms with E-state index in [1.54, 1.807) is 6.07 Å². The first-order valence-corrected chi connectivity index (χ1v) is 4.69. The summed E-state index contributed by atoms with van der Waals surface area (Å²) in [6, 6.07) is 5.43. The van der Waals surface area contributed by atoms with E-state index in [1.165, 1.54) is 0 Å². The third-order valence-electron chi connectivity index (χ3n) is 2.06. The number of aromatic nitrogens is 3. The van der Waals surface area contributed by atoms with E-state index in [2.05, 4.69) is 20.5 Å². The highest BCUT2D eigenvalue weighted by Crippen LogP contribution is 2.18. The van der Waals surface area contributed by atoms with Gasteiger partial charge in [0.2, 0.25) is 5.91 Å². The summed E-state index contributed by atoms with van der Waals surface area (Å²) in [5, 5.41) is 18.3. The highest BCUT2D eigenvalue weighted by molar-refractivity contribution is 5.99. The number of aryl methyl sites for hydroxylation is 1. The molecule has 0 radical (unpaired) electrons. The standard InChI is InChI=1S/C10H9N5O/c1-6-2-3-7-9(12-6)14-15-10(7)13-8(16)4-5-11/h2-3H,4H2,1H3,(H2,12,13,14,15,16). The molecule has 80 valence electrons. The minimum atomic E-state index is -0.378. The Kier molecular flexibility index (Phi) is 2.52. The van der Waals surface area contributed by atoms with Crippen molar-refractivity contribution in [3.05, 3.63) is 17.8 Å². The lowest BCUT2D eigenvalue weighted by molar-refractivity contribution is -0.115. The van der Waals surface area contributed by atoms with Gasteiger partial charge in [0.25, 0.3) is 0 Å². The van der Waals surface area contributed by atoms with E-state index < -0.39 is 0 Å². The zero-order valence-corrected chi connectivity index (χ0v) is 8.61. The maximum absolute atomic E-state index is 11.2. The highest BCUT2D eigenvalue weighted by atomic mass is 16.1. The number of amides is 1. The predicted molar refractivity (Wildman–Crippen MR) is 57.5 cm³/mol. The molecule has 0 saturated carbocycles. The average molecular weight is 215 g/mol. The molecule has 6 nitrogen and oxygen atoms in total. The van der Waals surface area contributed by atoms with E-state index in [9.17, 15) is 4.79 Å². The number of H-pyrrole nitrogens is 1. The monoisotopic (exact) mass is 215 g/mol. The van der Waals surface area contributed by atoms with Gasteiger partial charge < -0.3 is 5.32 Å². The van der Waals surface area contributed by atoms with Gasteiger partial charge in [0.1, 0.15) is 6.42 Å². The summed E-state index contributed by atoms with van der Waals surface area (Å²) in [6.45, 7) is 1.87. The second-order valence-electron chi connectivity index (χ2n) is 3.30. The first kappa shape index (κ1) is 10.1. The SMILES string of the molecule is Cc1ccc2c(NC(=O)CC#N)n[nH]c2n1. The molecule has 0 aliphatic heterocycles. The van der Waals surface area contributed by atoms with Crippen LogP contribution in [0.15, 0.2) is 12.1 Å². The minimum absolute atomic E-state index is 0.187. The van der Waals surface area contributed by atoms with Crippen LogP contribution in [0.2, 0.25) is 0 Å². The molecule has 1 amide bonds. The average Bonchev–Trinajstić information content (AvgIpc) is 2.61. The van der Waals surface area contributed by atoms with Gasteiger partial charge in [-0.25, -0.2) is 4.98 Å². The van der Waals surface area contributed by atoms with Gasteiger partial charge in [-0.15, -0.1) is 0 Å². The number of carbonyl (C=O) groups is 1. The maximum Gasteiger partial charge on any atom is 0.239 e. The first-order valence-electron chi connectivity index (χ1n) is 4.69. The Morgan fingerprint density at radius 1 is 1.62 bits per heavy atom. The lowest BCUT2D eigenvalue weighted by atomic mass is 10.3. The second kappa shape index (κ2) is 3.98. The number of anilines is 1. The molecule has 0 bridgehead atoms. The third-order valence-corrected chi connectivity index (χ3v) is 2.06. The van der Waals surface area contributed by atoms with Gasteiger partial charge in [-0.05, 0) is 19.1 Å². The number of hydrogen-bond donors (Lipinski definition) is 2. The van der Waals surface area contributed by atoms with Crippen molar-refractivity contribution < 1.29 is 4.79 Å². The number of nitriles is 1. The fourth-order valence-corrected chi connectivity index (χ4v) is 1.35. The number of aromatic amines is 1. The molecule has 2 aromatic heterocycles. The molecule has 0 saturated heterocycles. The molecule has 2 aromatic rings. The summed E-state index contributed by atoms with van der Waals surface area (Å²) in [6.07, 6.45) is -0.187. The molecule has 0 atom stereocenters. The van der Waals surface area contributed by atoms with Crippen LogP contribution in [0.1, 0.15) is 12.1 Å². The van der Waals surface area contributed by atoms with E-state index in [-0.39, 0.29) is 12.3 Å². The Balaban J connectivity index is 2.33. The van der Waals surface area contributed by atoms with Crippen LogP contribution in [-0.2, 0) is 4.79 Å². The molecule has 0 aliphatic rings. The molecule has 2 heterocycles. The Hall–Kier alpha value is -2.42. The molecule has 0 fully saturated rings. The Morgan fingerprint density at radius 2 is 2.44 bits per heavy atom. The molecule has 6 heteroatoms. The van der Waals surface area contributed by atoms with Gasteiger partial charge in [0.15, 0.2) is 11.5 Å². The minimum Gasteiger partial charge on any atom is -0.308 e. The van der Waals surface area contributed by atoms with Crippen molar-refractivity contribution in [2.75, 3.05) is 5.32 Å². The number of carbonyl (C=O) groups excluding carboxylic acids is 1. The summed E-state index contributed by atoms with van der Waals surface area (Å²) in [5.74, 6) is 0.0271. The molecule has 0 spiro atoms. The second-order valence-corrected chi connectivity index (χ2v) is 3.30. The predicted octanol–water partition coefficient (Wildman–Crippen LogP) is 1.12. The Labute approximate surface area is 91.3 Å². The van der Waals surface area contributed by atoms with Crippen molar-refractivity contribution in [2.45, 2.75) is 13.3 Å². The van der Waals surface area contributed by atoms with Crippen LogP contribution in [0.25, 0.3) is 11.0 Å². The van der Waals surface area contributed by atoms with Crippen molar-refractivity contribution in [3.8, 4) is 6.07 Å². The van der Waals surface area contributed by atoms with Crippen LogP contribution in [0.3, 0.4) is 0 Å². The lowest BCUT2D eigenvalue weighted by Crippen LogP contribution is -2.10. The zero-order chi connectivity index (χ0) is 11.5. The number of fused-ring (bicyclic) bond motifs is 1. The van der Waals surface area contributed by atoms with Crippen LogP contribution in [-0.4, -0.2) is 21.1 Å². The van der Waals surface area contributed by atoms with Crippen LogP contribution in [0.5, 0.6) is 0 Å². The van der Waals surface area contributed by atoms with Gasteiger partial charge >= 0.3 is 0 Å². The van der Waals surface area contributed by atoms with E-state index >= 15 is 0 Å². The smallest absolute Gasteiger partial charge is 0.239 e. The van der Waals surface area contributed by atoms with Crippen molar-refractivity contribution in [1.29, 1.82) is 5.26 Å². The Bertz CT molecular complexity index is 580. The highest BCUT2D eigenvalue weighted by Gasteiger charge is 2.09. The number of nitrogens with one attached hydrogen (secondary N) is 2. The molecule has 0 aliphatic carbocycles. The maximum atomic E-state index is 11.2. The molecule has 0 aromatic carbocycles. The third kappa shape index (κ3) is 1.83. The molecular weight excluding hydrogens is 206 g/mol. The summed E-state index contributed by atoms with van der Waals surface area (Å²) < 4.78 is 0. The normalized spacial score (nSPS) is 10.0. The van der Waals surface area contributed by atoms with Gasteiger partial charge in [-0.3, -0.25) is 9.89 Å². The van der Waals surface area contributed by atoms with Gasteiger partial charge in [0.05, 0.1) is 11.5 Å². The van der Waals surface area contributed by atoms with E-state index in [1.807, 2.05) is 19.1 Å². The largest absolute Gasteiger partial charge is 0.308 e. The van der Waals surface area contributed by atoms with Gasteiger partial charge in [-0.2, -0.15) is 10.4 Å². The van der Waals surface area contributed by atoms with Crippen LogP contribution in [0.4, 0.5) is 5.82 Å². The van der Waals surface area contributed by atoms with Crippen molar-refractivity contribution in [1.82, 2.24) is 15.2 Å². The quantitative estimate of drug-likeness (QED) is 0.784. The lowest BCUT2D eigenvalue weighted by Gasteiger charge is -1.97. The number of pyridine rings is 1. The summed E-state index contributed by atoms with van der Waals surface area (Å²) >= 11 is 0. The summed E-state index contributed by atoms with van der Waals surface area (Å²) in [5.41, 5.74) is 1.48. The molecular formula is C10H9N5O. The zero-order valence-electron chi connectivity index (χ0n) is 8.61. The summed E-state index contributed by atoms with van der Waals surface area (Å²) in [7, 11) is 0. The van der Waals surface area contributed by atoms with Crippen molar-refractivity contribution >= 4 is 22.8 Å². The first-order chi connectivity index (χ1) is 7.70. The van der Waals surface area contributed by atoms with E-state index in [0.29, 0.717) is 11.5 Å². The Morgan fingerprint density at radius 3 is 3.19 bits per heavy atom. The van der Waals surface area contributed by atoms with Gasteiger partial charge in [0, 0.05) is 5.69 Å². The van der Waals surface area contributed by atoms with Crippen molar-refractivity contribution in [3.63, 3.8) is 0 Å². The number of rotatable bonds is 2. The fourth-order valence-electron chi connectivity index (χ4n) is 1.35. The molecule has 2 N–H and O–H groups in total. The van der Waals surface area contributed by atoms with Crippen LogP contribution < -0.4 is 5.32 Å². The van der Waals surface area contributed by atoms with Crippen LogP contribution >= 0.6 is 0 Å². The van der Waals surface area contributed by atoms with Crippen molar-refractivity contribution in [2.24, 2.45) is 0 Å². The molecule has 2 rings (SSSR count). The topological polar surface area (TPSA) is 94.5 Å². The number of nitrogens with zero attached hydrogens (tertiary/aromatic N) is 3. The summed E-state index contributed by atoms with van der Waals surface area (Å²) in [4.78, 5) is 15.4. The number of hydrogen-bond acceptors (Lipinski definition) is 4. The van der Waals surface area contributed by atoms with Crippen LogP contribution in [0, 0.1) is 18.3 Å². The fraction of sp³-hybridized carbons (Fsp3) is 0.200. The van der Waals surface area contributed by atoms with Gasteiger partial charge in [-0.1, -0.05) is 0 Å². The van der Waals surface area contributed by atoms with E-state index in [0.717, 1.165) is 11.1 Å². The van der Waals surface area contributed by atoms with E-state index in [4.69, 9.17) is 5.26 Å². The molecule has 0 unspecified atom stereocenters. The molecule has 16 heavy (non-hydrogen) atoms.